The molecule has 0 N–H and O–H groups in total. The fourth-order valence-corrected chi connectivity index (χ4v) is 2.42. The third-order valence-electron chi connectivity index (χ3n) is 3.29. The van der Waals surface area contributed by atoms with Gasteiger partial charge in [-0.1, -0.05) is 24.6 Å². The van der Waals surface area contributed by atoms with Crippen LogP contribution >= 0.6 is 23.2 Å². The van der Waals surface area contributed by atoms with E-state index in [1.807, 2.05) is 35.1 Å². The number of hydrogen-bond acceptors (Lipinski definition) is 2. The molecule has 0 radical (unpaired) electrons. The van der Waals surface area contributed by atoms with Gasteiger partial charge in [-0.25, -0.2) is 0 Å². The van der Waals surface area contributed by atoms with E-state index in [0.29, 0.717) is 29.3 Å². The molecule has 0 saturated carbocycles. The lowest BCUT2D eigenvalue weighted by Crippen LogP contribution is -2.06. The Bertz CT molecular complexity index is 569. The van der Waals surface area contributed by atoms with Crippen molar-refractivity contribution in [3.05, 3.63) is 46.7 Å². The predicted octanol–water partition coefficient (Wildman–Crippen LogP) is 4.83. The van der Waals surface area contributed by atoms with E-state index < -0.39 is 0 Å². The normalized spacial score (nSPS) is 12.4. The van der Waals surface area contributed by atoms with Crippen molar-refractivity contribution in [1.82, 2.24) is 9.78 Å². The first-order chi connectivity index (χ1) is 9.65. The van der Waals surface area contributed by atoms with Crippen LogP contribution in [0.15, 0.2) is 30.5 Å². The zero-order valence-electron chi connectivity index (χ0n) is 11.6. The molecule has 0 aliphatic carbocycles. The minimum absolute atomic E-state index is 0.330. The Kier molecular flexibility index (Phi) is 5.32. The van der Waals surface area contributed by atoms with Gasteiger partial charge in [-0.2, -0.15) is 5.10 Å². The number of benzene rings is 1. The van der Waals surface area contributed by atoms with Crippen LogP contribution in [0.5, 0.6) is 5.75 Å². The van der Waals surface area contributed by atoms with Crippen molar-refractivity contribution in [2.24, 2.45) is 0 Å². The molecule has 0 fully saturated rings. The van der Waals surface area contributed by atoms with Crippen LogP contribution in [0, 0.1) is 0 Å². The maximum Gasteiger partial charge on any atom is 0.132 e. The molecule has 1 atom stereocenters. The van der Waals surface area contributed by atoms with E-state index >= 15 is 0 Å². The van der Waals surface area contributed by atoms with Crippen LogP contribution in [0.4, 0.5) is 0 Å². The summed E-state index contributed by atoms with van der Waals surface area (Å²) < 4.78 is 7.73. The van der Waals surface area contributed by atoms with Gasteiger partial charge in [-0.15, -0.1) is 11.6 Å². The minimum atomic E-state index is 0.330. The van der Waals surface area contributed by atoms with E-state index in [4.69, 9.17) is 27.9 Å². The molecule has 3 nitrogen and oxygen atoms in total. The van der Waals surface area contributed by atoms with Gasteiger partial charge in [0.05, 0.1) is 11.6 Å². The molecule has 2 rings (SSSR count). The third kappa shape index (κ3) is 3.47. The lowest BCUT2D eigenvalue weighted by Gasteiger charge is -2.10. The molecule has 0 bridgehead atoms. The molecular weight excluding hydrogens is 295 g/mol. The second-order valence-electron chi connectivity index (χ2n) is 4.68. The molecule has 5 heteroatoms. The molecule has 0 spiro atoms. The maximum absolute atomic E-state index is 6.09. The molecule has 0 aliphatic heterocycles. The van der Waals surface area contributed by atoms with Crippen molar-refractivity contribution < 1.29 is 4.74 Å². The Morgan fingerprint density at radius 2 is 2.15 bits per heavy atom. The highest BCUT2D eigenvalue weighted by atomic mass is 35.5. The summed E-state index contributed by atoms with van der Waals surface area (Å²) in [6.45, 7) is 4.69. The highest BCUT2D eigenvalue weighted by Crippen LogP contribution is 2.28. The van der Waals surface area contributed by atoms with E-state index in [9.17, 15) is 0 Å². The van der Waals surface area contributed by atoms with Crippen molar-refractivity contribution in [2.75, 3.05) is 0 Å². The van der Waals surface area contributed by atoms with Crippen LogP contribution in [-0.2, 0) is 12.5 Å². The lowest BCUT2D eigenvalue weighted by atomic mass is 10.2. The van der Waals surface area contributed by atoms with Gasteiger partial charge in [0, 0.05) is 22.8 Å². The summed E-state index contributed by atoms with van der Waals surface area (Å²) in [4.78, 5) is 0. The number of alkyl halides is 1. The number of rotatable bonds is 6. The smallest absolute Gasteiger partial charge is 0.132 e. The molecule has 1 aromatic carbocycles. The van der Waals surface area contributed by atoms with Crippen LogP contribution in [0.1, 0.15) is 37.6 Å². The summed E-state index contributed by atoms with van der Waals surface area (Å²) in [5.74, 6) is 1.04. The van der Waals surface area contributed by atoms with Crippen molar-refractivity contribution in [3.8, 4) is 5.75 Å². The van der Waals surface area contributed by atoms with Gasteiger partial charge >= 0.3 is 0 Å². The van der Waals surface area contributed by atoms with Crippen molar-refractivity contribution in [3.63, 3.8) is 0 Å². The summed E-state index contributed by atoms with van der Waals surface area (Å²) in [6, 6.07) is 7.90. The summed E-state index contributed by atoms with van der Waals surface area (Å²) in [5.41, 5.74) is 1.71. The van der Waals surface area contributed by atoms with Crippen LogP contribution in [0.2, 0.25) is 5.02 Å². The monoisotopic (exact) mass is 312 g/mol. The number of hydrogen-bond donors (Lipinski definition) is 0. The van der Waals surface area contributed by atoms with Gasteiger partial charge in [0.15, 0.2) is 0 Å². The van der Waals surface area contributed by atoms with E-state index in [-0.39, 0.29) is 0 Å². The van der Waals surface area contributed by atoms with Crippen LogP contribution in [0.3, 0.4) is 0 Å². The van der Waals surface area contributed by atoms with Crippen LogP contribution in [0.25, 0.3) is 0 Å². The molecule has 108 valence electrons. The Labute approximate surface area is 129 Å². The summed E-state index contributed by atoms with van der Waals surface area (Å²) in [6.07, 6.45) is 3.03. The lowest BCUT2D eigenvalue weighted by molar-refractivity contribution is 0.296. The van der Waals surface area contributed by atoms with Crippen molar-refractivity contribution >= 4 is 23.2 Å². The molecule has 20 heavy (non-hydrogen) atoms. The average molecular weight is 313 g/mol. The molecule has 1 unspecified atom stereocenters. The Morgan fingerprint density at radius 3 is 2.85 bits per heavy atom. The third-order valence-corrected chi connectivity index (χ3v) is 3.91. The first kappa shape index (κ1) is 15.2. The van der Waals surface area contributed by atoms with Crippen LogP contribution in [-0.4, -0.2) is 9.78 Å². The van der Waals surface area contributed by atoms with Gasteiger partial charge < -0.3 is 4.74 Å². The van der Waals surface area contributed by atoms with Crippen LogP contribution < -0.4 is 4.74 Å². The van der Waals surface area contributed by atoms with E-state index in [2.05, 4.69) is 18.9 Å². The largest absolute Gasteiger partial charge is 0.487 e. The standard InChI is InChI=1S/C15H18Cl2N2O/c1-3-11(2)19-8-7-12(18-19)10-20-15-6-4-5-14(17)13(15)9-16/h4-8,11H,3,9-10H2,1-2H3. The van der Waals surface area contributed by atoms with Gasteiger partial charge in [0.25, 0.3) is 0 Å². The molecule has 1 aromatic heterocycles. The molecular formula is C15H18Cl2N2O. The molecule has 1 heterocycles. The van der Waals surface area contributed by atoms with Gasteiger partial charge in [0.2, 0.25) is 0 Å². The molecule has 0 saturated heterocycles. The zero-order valence-corrected chi connectivity index (χ0v) is 13.2. The highest BCUT2D eigenvalue weighted by Gasteiger charge is 2.09. The number of nitrogens with zero attached hydrogens (tertiary/aromatic N) is 2. The number of aromatic nitrogens is 2. The van der Waals surface area contributed by atoms with E-state index in [1.165, 1.54) is 0 Å². The zero-order chi connectivity index (χ0) is 14.5. The second-order valence-corrected chi connectivity index (χ2v) is 5.36. The summed E-state index contributed by atoms with van der Waals surface area (Å²) in [7, 11) is 0. The number of ether oxygens (including phenoxy) is 1. The SMILES string of the molecule is CCC(C)n1ccc(COc2cccc(Cl)c2CCl)n1. The Hall–Kier alpha value is -1.19. The quantitative estimate of drug-likeness (QED) is 0.715. The Balaban J connectivity index is 2.05. The van der Waals surface area contributed by atoms with Gasteiger partial charge in [-0.3, -0.25) is 4.68 Å². The van der Waals surface area contributed by atoms with E-state index in [1.54, 1.807) is 0 Å². The van der Waals surface area contributed by atoms with Crippen molar-refractivity contribution in [2.45, 2.75) is 38.8 Å². The number of halogens is 2. The Morgan fingerprint density at radius 1 is 1.35 bits per heavy atom. The molecule has 2 aromatic rings. The van der Waals surface area contributed by atoms with Gasteiger partial charge in [-0.05, 0) is 31.5 Å². The maximum atomic E-state index is 6.09. The average Bonchev–Trinajstić information content (AvgIpc) is 2.93. The molecule has 0 amide bonds. The second kappa shape index (κ2) is 7.00. The highest BCUT2D eigenvalue weighted by molar-refractivity contribution is 6.32. The van der Waals surface area contributed by atoms with E-state index in [0.717, 1.165) is 17.7 Å². The first-order valence-electron chi connectivity index (χ1n) is 6.65. The van der Waals surface area contributed by atoms with Gasteiger partial charge in [0.1, 0.15) is 12.4 Å². The summed E-state index contributed by atoms with van der Waals surface area (Å²) in [5, 5.41) is 5.13. The summed E-state index contributed by atoms with van der Waals surface area (Å²) >= 11 is 12.0. The fraction of sp³-hybridized carbons (Fsp3) is 0.400. The minimum Gasteiger partial charge on any atom is -0.487 e. The van der Waals surface area contributed by atoms with Crippen molar-refractivity contribution in [1.29, 1.82) is 0 Å². The fourth-order valence-electron chi connectivity index (χ4n) is 1.84. The molecule has 0 aliphatic rings. The predicted molar refractivity (Wildman–Crippen MR) is 82.6 cm³/mol. The topological polar surface area (TPSA) is 27.1 Å². The first-order valence-corrected chi connectivity index (χ1v) is 7.57.